The van der Waals surface area contributed by atoms with E-state index in [9.17, 15) is 13.2 Å². The maximum atomic E-state index is 12.2. The Labute approximate surface area is 155 Å². The van der Waals surface area contributed by atoms with Crippen LogP contribution in [0.4, 0.5) is 5.69 Å². The third-order valence-corrected chi connectivity index (χ3v) is 5.47. The molecule has 0 radical (unpaired) electrons. The van der Waals surface area contributed by atoms with Gasteiger partial charge in [0.1, 0.15) is 0 Å². The molecule has 1 amide bonds. The van der Waals surface area contributed by atoms with Gasteiger partial charge in [-0.05, 0) is 55.8 Å². The molecule has 2 aromatic carbocycles. The first-order valence-corrected chi connectivity index (χ1v) is 9.90. The largest absolute Gasteiger partial charge is 0.378 e. The first-order valence-electron chi connectivity index (χ1n) is 8.41. The van der Waals surface area contributed by atoms with Gasteiger partial charge in [0.25, 0.3) is 5.91 Å². The lowest BCUT2D eigenvalue weighted by molar-refractivity contribution is 0.0953. The Balaban J connectivity index is 1.86. The number of hydrogen-bond donors (Lipinski definition) is 2. The third kappa shape index (κ3) is 5.31. The predicted octanol–water partition coefficient (Wildman–Crippen LogP) is 2.02. The Morgan fingerprint density at radius 3 is 2.38 bits per heavy atom. The van der Waals surface area contributed by atoms with E-state index >= 15 is 0 Å². The lowest BCUT2D eigenvalue weighted by Crippen LogP contribution is -2.25. The summed E-state index contributed by atoms with van der Waals surface area (Å²) in [4.78, 5) is 14.3. The average molecular weight is 375 g/mol. The molecule has 26 heavy (non-hydrogen) atoms. The zero-order valence-electron chi connectivity index (χ0n) is 15.3. The minimum Gasteiger partial charge on any atom is -0.378 e. The summed E-state index contributed by atoms with van der Waals surface area (Å²) < 4.78 is 25.9. The van der Waals surface area contributed by atoms with Gasteiger partial charge >= 0.3 is 0 Å². The molecule has 0 unspecified atom stereocenters. The zero-order chi connectivity index (χ0) is 19.2. The summed E-state index contributed by atoms with van der Waals surface area (Å²) in [5.74, 6) is -0.277. The maximum Gasteiger partial charge on any atom is 0.251 e. The summed E-state index contributed by atoms with van der Waals surface area (Å²) in [5.41, 5.74) is 2.70. The van der Waals surface area contributed by atoms with Crippen LogP contribution in [-0.4, -0.2) is 42.0 Å². The lowest BCUT2D eigenvalue weighted by atomic mass is 10.1. The molecular weight excluding hydrogens is 350 g/mol. The Kier molecular flexibility index (Phi) is 6.76. The number of sulfonamides is 1. The molecule has 140 valence electrons. The van der Waals surface area contributed by atoms with Crippen molar-refractivity contribution in [1.82, 2.24) is 10.0 Å². The van der Waals surface area contributed by atoms with Crippen LogP contribution in [0.5, 0.6) is 0 Å². The molecule has 2 N–H and O–H groups in total. The predicted molar refractivity (Wildman–Crippen MR) is 104 cm³/mol. The van der Waals surface area contributed by atoms with Crippen molar-refractivity contribution >= 4 is 21.6 Å². The van der Waals surface area contributed by atoms with Crippen molar-refractivity contribution < 1.29 is 13.2 Å². The number of benzene rings is 2. The normalized spacial score (nSPS) is 11.2. The molecule has 2 rings (SSSR count). The summed E-state index contributed by atoms with van der Waals surface area (Å²) in [6.07, 6.45) is 1.67. The lowest BCUT2D eigenvalue weighted by Gasteiger charge is -2.12. The van der Waals surface area contributed by atoms with Crippen molar-refractivity contribution in [2.24, 2.45) is 0 Å². The highest BCUT2D eigenvalue weighted by molar-refractivity contribution is 7.89. The SMILES string of the molecule is CNS(=O)(=O)c1cccc(C(=O)NCCCc2ccc(N(C)C)cc2)c1. The first-order chi connectivity index (χ1) is 12.3. The van der Waals surface area contributed by atoms with Gasteiger partial charge < -0.3 is 10.2 Å². The molecule has 0 saturated carbocycles. The summed E-state index contributed by atoms with van der Waals surface area (Å²) in [5, 5.41) is 2.83. The average Bonchev–Trinajstić information content (AvgIpc) is 2.65. The van der Waals surface area contributed by atoms with Crippen molar-refractivity contribution in [2.75, 3.05) is 32.6 Å². The number of hydrogen-bond acceptors (Lipinski definition) is 4. The molecule has 7 heteroatoms. The minimum absolute atomic E-state index is 0.0774. The van der Waals surface area contributed by atoms with Crippen molar-refractivity contribution in [3.63, 3.8) is 0 Å². The van der Waals surface area contributed by atoms with Crippen LogP contribution in [0.2, 0.25) is 0 Å². The van der Waals surface area contributed by atoms with Crippen molar-refractivity contribution in [2.45, 2.75) is 17.7 Å². The molecular formula is C19H25N3O3S. The first kappa shape index (κ1) is 19.9. The molecule has 2 aromatic rings. The highest BCUT2D eigenvalue weighted by Crippen LogP contribution is 2.13. The van der Waals surface area contributed by atoms with E-state index in [1.165, 1.54) is 24.7 Å². The Morgan fingerprint density at radius 1 is 1.08 bits per heavy atom. The quantitative estimate of drug-likeness (QED) is 0.692. The van der Waals surface area contributed by atoms with Crippen LogP contribution >= 0.6 is 0 Å². The van der Waals surface area contributed by atoms with Gasteiger partial charge in [-0.2, -0.15) is 0 Å². The molecule has 0 saturated heterocycles. The van der Waals surface area contributed by atoms with Crippen LogP contribution in [0.1, 0.15) is 22.3 Å². The fourth-order valence-corrected chi connectivity index (χ4v) is 3.26. The molecule has 0 aromatic heterocycles. The topological polar surface area (TPSA) is 78.5 Å². The molecule has 0 bridgehead atoms. The Morgan fingerprint density at radius 2 is 1.77 bits per heavy atom. The summed E-state index contributed by atoms with van der Waals surface area (Å²) in [6.45, 7) is 0.525. The van der Waals surface area contributed by atoms with E-state index in [0.717, 1.165) is 18.5 Å². The number of nitrogens with zero attached hydrogens (tertiary/aromatic N) is 1. The molecule has 6 nitrogen and oxygen atoms in total. The van der Waals surface area contributed by atoms with Crippen LogP contribution in [0.25, 0.3) is 0 Å². The third-order valence-electron chi connectivity index (χ3n) is 4.06. The van der Waals surface area contributed by atoms with Crippen molar-refractivity contribution in [1.29, 1.82) is 0 Å². The zero-order valence-corrected chi connectivity index (χ0v) is 16.1. The molecule has 0 atom stereocenters. The highest BCUT2D eigenvalue weighted by Gasteiger charge is 2.14. The van der Waals surface area contributed by atoms with E-state index in [1.54, 1.807) is 12.1 Å². The van der Waals surface area contributed by atoms with Crippen LogP contribution < -0.4 is 14.9 Å². The van der Waals surface area contributed by atoms with Crippen LogP contribution in [0, 0.1) is 0 Å². The van der Waals surface area contributed by atoms with Crippen molar-refractivity contribution in [3.05, 3.63) is 59.7 Å². The molecule has 0 spiro atoms. The fraction of sp³-hybridized carbons (Fsp3) is 0.316. The van der Waals surface area contributed by atoms with Crippen LogP contribution in [0.3, 0.4) is 0 Å². The van der Waals surface area contributed by atoms with Gasteiger partial charge in [0, 0.05) is 31.9 Å². The van der Waals surface area contributed by atoms with E-state index in [0.29, 0.717) is 12.1 Å². The van der Waals surface area contributed by atoms with Gasteiger partial charge in [0.15, 0.2) is 0 Å². The molecule has 0 aliphatic heterocycles. The van der Waals surface area contributed by atoms with Gasteiger partial charge in [0.05, 0.1) is 4.90 Å². The highest BCUT2D eigenvalue weighted by atomic mass is 32.2. The number of carbonyl (C=O) groups excluding carboxylic acids is 1. The van der Waals surface area contributed by atoms with Crippen molar-refractivity contribution in [3.8, 4) is 0 Å². The fourth-order valence-electron chi connectivity index (χ4n) is 2.48. The standard InChI is InChI=1S/C19H25N3O3S/c1-20-26(24,25)18-8-4-7-16(14-18)19(23)21-13-5-6-15-9-11-17(12-10-15)22(2)3/h4,7-12,14,20H,5-6,13H2,1-3H3,(H,21,23). The second-order valence-corrected chi connectivity index (χ2v) is 8.04. The second kappa shape index (κ2) is 8.82. The van der Waals surface area contributed by atoms with E-state index < -0.39 is 10.0 Å². The Hall–Kier alpha value is -2.38. The maximum absolute atomic E-state index is 12.2. The summed E-state index contributed by atoms with van der Waals surface area (Å²) >= 11 is 0. The van der Waals surface area contributed by atoms with Crippen LogP contribution in [0.15, 0.2) is 53.4 Å². The minimum atomic E-state index is -3.56. The van der Waals surface area contributed by atoms with Gasteiger partial charge in [0.2, 0.25) is 10.0 Å². The molecule has 0 aliphatic carbocycles. The van der Waals surface area contributed by atoms with Gasteiger partial charge in [-0.3, -0.25) is 4.79 Å². The number of carbonyl (C=O) groups is 1. The van der Waals surface area contributed by atoms with E-state index in [2.05, 4.69) is 34.3 Å². The van der Waals surface area contributed by atoms with Gasteiger partial charge in [-0.25, -0.2) is 13.1 Å². The molecule has 0 aliphatic rings. The number of aryl methyl sites for hydroxylation is 1. The number of rotatable bonds is 8. The Bertz CT molecular complexity index is 847. The number of amides is 1. The van der Waals surface area contributed by atoms with E-state index in [1.807, 2.05) is 19.0 Å². The molecule has 0 fully saturated rings. The van der Waals surface area contributed by atoms with E-state index in [-0.39, 0.29) is 10.8 Å². The second-order valence-electron chi connectivity index (χ2n) is 6.16. The molecule has 0 heterocycles. The van der Waals surface area contributed by atoms with Gasteiger partial charge in [-0.1, -0.05) is 18.2 Å². The van der Waals surface area contributed by atoms with Gasteiger partial charge in [-0.15, -0.1) is 0 Å². The summed E-state index contributed by atoms with van der Waals surface area (Å²) in [7, 11) is 1.78. The number of nitrogens with one attached hydrogen (secondary N) is 2. The number of anilines is 1. The monoisotopic (exact) mass is 375 g/mol. The smallest absolute Gasteiger partial charge is 0.251 e. The van der Waals surface area contributed by atoms with E-state index in [4.69, 9.17) is 0 Å². The summed E-state index contributed by atoms with van der Waals surface area (Å²) in [6, 6.07) is 14.3. The van der Waals surface area contributed by atoms with Crippen LogP contribution in [-0.2, 0) is 16.4 Å².